The molecule has 0 aliphatic carbocycles. The Balaban J connectivity index is 3.29. The maximum atomic E-state index is 2.38. The molecule has 0 amide bonds. The van der Waals surface area contributed by atoms with Gasteiger partial charge in [0.25, 0.3) is 0 Å². The van der Waals surface area contributed by atoms with Crippen LogP contribution >= 0.6 is 0 Å². The summed E-state index contributed by atoms with van der Waals surface area (Å²) in [5.41, 5.74) is 3.42. The molecule has 15 heavy (non-hydrogen) atoms. The molecule has 0 spiro atoms. The van der Waals surface area contributed by atoms with Crippen molar-refractivity contribution in [2.45, 2.75) is 41.5 Å². The van der Waals surface area contributed by atoms with E-state index in [0.717, 1.165) is 6.67 Å². The Labute approximate surface area is 94.9 Å². The van der Waals surface area contributed by atoms with Gasteiger partial charge in [-0.1, -0.05) is 41.5 Å². The molecule has 1 heterocycles. The van der Waals surface area contributed by atoms with Crippen molar-refractivity contribution < 1.29 is 0 Å². The fraction of sp³-hybridized carbons (Fsp3) is 0.846. The minimum absolute atomic E-state index is 0.224. The third-order valence-corrected chi connectivity index (χ3v) is 2.83. The predicted octanol–water partition coefficient (Wildman–Crippen LogP) is 3.12. The van der Waals surface area contributed by atoms with Gasteiger partial charge in [0.1, 0.15) is 0 Å². The second kappa shape index (κ2) is 3.43. The average molecular weight is 210 g/mol. The monoisotopic (exact) mass is 210 g/mol. The van der Waals surface area contributed by atoms with Crippen molar-refractivity contribution in [3.63, 3.8) is 0 Å². The molecule has 1 aliphatic heterocycles. The lowest BCUT2D eigenvalue weighted by Gasteiger charge is -2.32. The third kappa shape index (κ3) is 2.30. The van der Waals surface area contributed by atoms with Crippen LogP contribution < -0.4 is 0 Å². The second-order valence-electron chi connectivity index (χ2n) is 6.73. The van der Waals surface area contributed by atoms with Crippen molar-refractivity contribution in [1.82, 2.24) is 9.80 Å². The van der Waals surface area contributed by atoms with Gasteiger partial charge in [0.2, 0.25) is 0 Å². The molecule has 0 unspecified atom stereocenters. The van der Waals surface area contributed by atoms with Gasteiger partial charge in [-0.05, 0) is 0 Å². The summed E-state index contributed by atoms with van der Waals surface area (Å²) in [5, 5.41) is 0. The summed E-state index contributed by atoms with van der Waals surface area (Å²) >= 11 is 0. The van der Waals surface area contributed by atoms with Crippen LogP contribution in [0.5, 0.6) is 0 Å². The first-order valence-electron chi connectivity index (χ1n) is 5.72. The van der Waals surface area contributed by atoms with Crippen molar-refractivity contribution >= 4 is 0 Å². The summed E-state index contributed by atoms with van der Waals surface area (Å²) in [6.45, 7) is 14.8. The first-order valence-corrected chi connectivity index (χ1v) is 5.72. The van der Waals surface area contributed by atoms with Crippen LogP contribution in [-0.2, 0) is 0 Å². The van der Waals surface area contributed by atoms with Gasteiger partial charge in [-0.25, -0.2) is 0 Å². The molecule has 0 aromatic rings. The Morgan fingerprint density at radius 2 is 1.00 bits per heavy atom. The Hall–Kier alpha value is -0.660. The van der Waals surface area contributed by atoms with Crippen molar-refractivity contribution in [3.8, 4) is 0 Å². The zero-order chi connectivity index (χ0) is 12.0. The van der Waals surface area contributed by atoms with Gasteiger partial charge in [0.15, 0.2) is 0 Å². The van der Waals surface area contributed by atoms with Crippen LogP contribution in [0.15, 0.2) is 11.4 Å². The summed E-state index contributed by atoms with van der Waals surface area (Å²) in [4.78, 5) is 4.75. The van der Waals surface area contributed by atoms with E-state index >= 15 is 0 Å². The molecule has 1 rings (SSSR count). The molecule has 0 bridgehead atoms. The van der Waals surface area contributed by atoms with E-state index < -0.39 is 0 Å². The molecule has 0 saturated heterocycles. The van der Waals surface area contributed by atoms with Crippen LogP contribution in [0.4, 0.5) is 0 Å². The quantitative estimate of drug-likeness (QED) is 0.606. The zero-order valence-electron chi connectivity index (χ0n) is 11.6. The number of rotatable bonds is 0. The van der Waals surface area contributed by atoms with E-state index in [-0.39, 0.29) is 10.8 Å². The molecular weight excluding hydrogens is 184 g/mol. The fourth-order valence-corrected chi connectivity index (χ4v) is 2.68. The highest BCUT2D eigenvalue weighted by atomic mass is 15.4. The van der Waals surface area contributed by atoms with E-state index in [1.165, 1.54) is 11.4 Å². The minimum Gasteiger partial charge on any atom is -0.358 e. The van der Waals surface area contributed by atoms with E-state index in [9.17, 15) is 0 Å². The summed E-state index contributed by atoms with van der Waals surface area (Å²) < 4.78 is 0. The van der Waals surface area contributed by atoms with Crippen molar-refractivity contribution in [2.24, 2.45) is 10.8 Å². The van der Waals surface area contributed by atoms with Gasteiger partial charge >= 0.3 is 0 Å². The van der Waals surface area contributed by atoms with Crippen LogP contribution in [0.25, 0.3) is 0 Å². The van der Waals surface area contributed by atoms with Crippen LogP contribution in [0.3, 0.4) is 0 Å². The molecule has 0 saturated carbocycles. The molecule has 88 valence electrons. The Bertz CT molecular complexity index is 248. The zero-order valence-corrected chi connectivity index (χ0v) is 11.6. The maximum Gasteiger partial charge on any atom is 0.0893 e. The van der Waals surface area contributed by atoms with Gasteiger partial charge in [-0.2, -0.15) is 0 Å². The third-order valence-electron chi connectivity index (χ3n) is 2.83. The molecule has 0 radical (unpaired) electrons. The second-order valence-corrected chi connectivity index (χ2v) is 6.73. The molecule has 2 heteroatoms. The lowest BCUT2D eigenvalue weighted by atomic mass is 9.82. The van der Waals surface area contributed by atoms with E-state index in [1.54, 1.807) is 0 Å². The standard InChI is InChI=1S/C13H26N2/c1-12(2,3)10-11(13(4,5)6)15(8)9-14(10)7/h9H2,1-8H3. The average Bonchev–Trinajstić information content (AvgIpc) is 2.22. The Morgan fingerprint density at radius 1 is 0.733 bits per heavy atom. The van der Waals surface area contributed by atoms with Crippen LogP contribution in [-0.4, -0.2) is 30.6 Å². The van der Waals surface area contributed by atoms with Gasteiger partial charge in [0, 0.05) is 36.3 Å². The Morgan fingerprint density at radius 3 is 1.20 bits per heavy atom. The molecule has 0 N–H and O–H groups in total. The molecule has 0 atom stereocenters. The van der Waals surface area contributed by atoms with Crippen LogP contribution in [0.1, 0.15) is 41.5 Å². The predicted molar refractivity (Wildman–Crippen MR) is 66.3 cm³/mol. The van der Waals surface area contributed by atoms with E-state index in [1.807, 2.05) is 0 Å². The number of allylic oxidation sites excluding steroid dienone is 2. The molecular formula is C13H26N2. The molecule has 0 aromatic carbocycles. The molecule has 0 fully saturated rings. The van der Waals surface area contributed by atoms with E-state index in [2.05, 4.69) is 65.4 Å². The topological polar surface area (TPSA) is 6.48 Å². The summed E-state index contributed by atoms with van der Waals surface area (Å²) in [6, 6.07) is 0. The van der Waals surface area contributed by atoms with Gasteiger partial charge in [-0.3, -0.25) is 0 Å². The first kappa shape index (κ1) is 12.4. The highest BCUT2D eigenvalue weighted by Gasteiger charge is 2.37. The van der Waals surface area contributed by atoms with Crippen LogP contribution in [0, 0.1) is 10.8 Å². The molecule has 2 nitrogen and oxygen atoms in total. The van der Waals surface area contributed by atoms with Gasteiger partial charge in [0.05, 0.1) is 6.67 Å². The highest BCUT2D eigenvalue weighted by molar-refractivity contribution is 5.26. The smallest absolute Gasteiger partial charge is 0.0893 e. The summed E-state index contributed by atoms with van der Waals surface area (Å²) in [7, 11) is 4.38. The van der Waals surface area contributed by atoms with E-state index in [4.69, 9.17) is 0 Å². The maximum absolute atomic E-state index is 2.38. The molecule has 0 aromatic heterocycles. The molecule has 1 aliphatic rings. The van der Waals surface area contributed by atoms with Crippen molar-refractivity contribution in [3.05, 3.63) is 11.4 Å². The van der Waals surface area contributed by atoms with Gasteiger partial charge < -0.3 is 9.80 Å². The normalized spacial score (nSPS) is 19.2. The first-order chi connectivity index (χ1) is 6.55. The number of hydrogen-bond donors (Lipinski definition) is 0. The van der Waals surface area contributed by atoms with Crippen molar-refractivity contribution in [1.29, 1.82) is 0 Å². The van der Waals surface area contributed by atoms with Crippen molar-refractivity contribution in [2.75, 3.05) is 20.8 Å². The van der Waals surface area contributed by atoms with Gasteiger partial charge in [-0.15, -0.1) is 0 Å². The minimum atomic E-state index is 0.224. The largest absolute Gasteiger partial charge is 0.358 e. The summed E-state index contributed by atoms with van der Waals surface area (Å²) in [6.07, 6.45) is 0. The van der Waals surface area contributed by atoms with Crippen LogP contribution in [0.2, 0.25) is 0 Å². The fourth-order valence-electron chi connectivity index (χ4n) is 2.68. The lowest BCUT2D eigenvalue weighted by Crippen LogP contribution is -2.25. The number of nitrogens with zero attached hydrogens (tertiary/aromatic N) is 2. The van der Waals surface area contributed by atoms with E-state index in [0.29, 0.717) is 0 Å². The Kier molecular flexibility index (Phi) is 2.84. The highest BCUT2D eigenvalue weighted by Crippen LogP contribution is 2.42. The number of hydrogen-bond acceptors (Lipinski definition) is 2. The SMILES string of the molecule is CN1CN(C)C(C(C)(C)C)=C1C(C)(C)C. The summed E-state index contributed by atoms with van der Waals surface area (Å²) in [5.74, 6) is 0. The lowest BCUT2D eigenvalue weighted by molar-refractivity contribution is 0.268.